The maximum absolute atomic E-state index is 11.6. The summed E-state index contributed by atoms with van der Waals surface area (Å²) in [6.45, 7) is 4.28. The fraction of sp³-hybridized carbons (Fsp3) is 0.700. The van der Waals surface area contributed by atoms with Gasteiger partial charge in [-0.25, -0.2) is 0 Å². The number of β-amino-alcohol motifs (C(OH)–C–C–N with tert-alkyl or cyclic N) is 1. The topological polar surface area (TPSA) is 79.5 Å². The van der Waals surface area contributed by atoms with Crippen LogP contribution in [0.1, 0.15) is 25.1 Å². The predicted molar refractivity (Wildman–Crippen MR) is 54.6 cm³/mol. The van der Waals surface area contributed by atoms with Crippen LogP contribution < -0.4 is 0 Å². The Bertz CT molecular complexity index is 392. The molecule has 0 aliphatic carbocycles. The largest absolute Gasteiger partial charge is 0.386 e. The minimum Gasteiger partial charge on any atom is -0.386 e. The number of nitrogens with zero attached hydrogens (tertiary/aromatic N) is 3. The van der Waals surface area contributed by atoms with Crippen LogP contribution in [0.15, 0.2) is 4.52 Å². The lowest BCUT2D eigenvalue weighted by Crippen LogP contribution is -2.61. The van der Waals surface area contributed by atoms with E-state index >= 15 is 0 Å². The molecule has 1 aliphatic rings. The zero-order valence-electron chi connectivity index (χ0n) is 9.43. The summed E-state index contributed by atoms with van der Waals surface area (Å²) in [7, 11) is 0. The summed E-state index contributed by atoms with van der Waals surface area (Å²) in [5, 5.41) is 13.1. The summed E-state index contributed by atoms with van der Waals surface area (Å²) < 4.78 is 4.91. The van der Waals surface area contributed by atoms with Crippen molar-refractivity contribution in [1.82, 2.24) is 15.0 Å². The molecule has 1 aliphatic heterocycles. The van der Waals surface area contributed by atoms with Crippen molar-refractivity contribution in [2.45, 2.75) is 32.3 Å². The van der Waals surface area contributed by atoms with E-state index in [9.17, 15) is 9.90 Å². The van der Waals surface area contributed by atoms with Gasteiger partial charge in [0.25, 0.3) is 0 Å². The molecule has 0 unspecified atom stereocenters. The Morgan fingerprint density at radius 1 is 1.62 bits per heavy atom. The fourth-order valence-corrected chi connectivity index (χ4v) is 1.77. The number of hydrogen-bond acceptors (Lipinski definition) is 5. The zero-order valence-corrected chi connectivity index (χ0v) is 9.43. The Balaban J connectivity index is 1.77. The normalized spacial score (nSPS) is 18.3. The van der Waals surface area contributed by atoms with Gasteiger partial charge in [-0.1, -0.05) is 5.16 Å². The van der Waals surface area contributed by atoms with E-state index in [2.05, 4.69) is 10.1 Å². The molecular formula is C10H15N3O3. The highest BCUT2D eigenvalue weighted by atomic mass is 16.5. The molecule has 16 heavy (non-hydrogen) atoms. The molecule has 2 heterocycles. The van der Waals surface area contributed by atoms with Crippen LogP contribution in [0.25, 0.3) is 0 Å². The highest BCUT2D eigenvalue weighted by Gasteiger charge is 2.38. The van der Waals surface area contributed by atoms with E-state index in [1.807, 2.05) is 0 Å². The van der Waals surface area contributed by atoms with Gasteiger partial charge in [0, 0.05) is 12.8 Å². The Hall–Kier alpha value is -1.43. The summed E-state index contributed by atoms with van der Waals surface area (Å²) in [4.78, 5) is 17.3. The maximum atomic E-state index is 11.6. The van der Waals surface area contributed by atoms with Crippen LogP contribution in [0.3, 0.4) is 0 Å². The summed E-state index contributed by atoms with van der Waals surface area (Å²) in [5.74, 6) is 1.08. The summed E-state index contributed by atoms with van der Waals surface area (Å²) >= 11 is 0. The molecule has 1 N–H and O–H groups in total. The first kappa shape index (κ1) is 11.1. The molecule has 0 aromatic carbocycles. The molecule has 1 aromatic heterocycles. The number of rotatable bonds is 3. The molecular weight excluding hydrogens is 210 g/mol. The van der Waals surface area contributed by atoms with E-state index < -0.39 is 5.60 Å². The highest BCUT2D eigenvalue weighted by molar-refractivity contribution is 5.77. The van der Waals surface area contributed by atoms with Crippen LogP contribution in [-0.2, 0) is 11.2 Å². The number of carbonyl (C=O) groups is 1. The van der Waals surface area contributed by atoms with Gasteiger partial charge >= 0.3 is 0 Å². The minimum absolute atomic E-state index is 0.0161. The van der Waals surface area contributed by atoms with Crippen molar-refractivity contribution in [1.29, 1.82) is 0 Å². The van der Waals surface area contributed by atoms with Gasteiger partial charge in [-0.15, -0.1) is 0 Å². The Labute approximate surface area is 93.2 Å². The molecule has 6 nitrogen and oxygen atoms in total. The Morgan fingerprint density at radius 2 is 2.31 bits per heavy atom. The van der Waals surface area contributed by atoms with E-state index in [1.165, 1.54) is 0 Å². The van der Waals surface area contributed by atoms with Crippen LogP contribution in [0.4, 0.5) is 0 Å². The molecule has 1 amide bonds. The van der Waals surface area contributed by atoms with Gasteiger partial charge in [-0.3, -0.25) is 4.79 Å². The number of amides is 1. The summed E-state index contributed by atoms with van der Waals surface area (Å²) in [5.41, 5.74) is -0.712. The molecule has 0 bridgehead atoms. The van der Waals surface area contributed by atoms with Crippen LogP contribution >= 0.6 is 0 Å². The van der Waals surface area contributed by atoms with Crippen LogP contribution in [0.2, 0.25) is 0 Å². The SMILES string of the molecule is Cc1noc(CCC(=O)N2CC(C)(O)C2)n1. The van der Waals surface area contributed by atoms with Gasteiger partial charge in [0.1, 0.15) is 0 Å². The number of likely N-dealkylation sites (tertiary alicyclic amines) is 1. The lowest BCUT2D eigenvalue weighted by Gasteiger charge is -2.44. The third kappa shape index (κ3) is 2.38. The second kappa shape index (κ2) is 3.86. The predicted octanol–water partition coefficient (Wildman–Crippen LogP) is -0.0962. The summed E-state index contributed by atoms with van der Waals surface area (Å²) in [6.07, 6.45) is 0.802. The monoisotopic (exact) mass is 225 g/mol. The second-order valence-electron chi connectivity index (χ2n) is 4.48. The van der Waals surface area contributed by atoms with Gasteiger partial charge in [0.2, 0.25) is 11.8 Å². The first-order chi connectivity index (χ1) is 7.46. The highest BCUT2D eigenvalue weighted by Crippen LogP contribution is 2.20. The van der Waals surface area contributed by atoms with Crippen molar-refractivity contribution in [3.8, 4) is 0 Å². The first-order valence-electron chi connectivity index (χ1n) is 5.26. The standard InChI is InChI=1S/C10H15N3O3/c1-7-11-8(16-12-7)3-4-9(14)13-5-10(2,15)6-13/h15H,3-6H2,1-2H3. The first-order valence-corrected chi connectivity index (χ1v) is 5.26. The molecule has 0 spiro atoms. The van der Waals surface area contributed by atoms with Gasteiger partial charge in [-0.2, -0.15) is 4.98 Å². The zero-order chi connectivity index (χ0) is 11.8. The van der Waals surface area contributed by atoms with Crippen molar-refractivity contribution in [2.75, 3.05) is 13.1 Å². The van der Waals surface area contributed by atoms with Crippen molar-refractivity contribution < 1.29 is 14.4 Å². The number of aryl methyl sites for hydroxylation is 2. The smallest absolute Gasteiger partial charge is 0.227 e. The number of hydrogen-bond donors (Lipinski definition) is 1. The quantitative estimate of drug-likeness (QED) is 0.777. The third-order valence-corrected chi connectivity index (χ3v) is 2.54. The maximum Gasteiger partial charge on any atom is 0.227 e. The molecule has 88 valence electrons. The average Bonchev–Trinajstić information content (AvgIpc) is 2.57. The van der Waals surface area contributed by atoms with Gasteiger partial charge in [0.05, 0.1) is 18.7 Å². The lowest BCUT2D eigenvalue weighted by molar-refractivity contribution is -0.152. The molecule has 1 fully saturated rings. The van der Waals surface area contributed by atoms with E-state index in [0.29, 0.717) is 37.6 Å². The molecule has 6 heteroatoms. The Morgan fingerprint density at radius 3 is 2.81 bits per heavy atom. The third-order valence-electron chi connectivity index (χ3n) is 2.54. The fourth-order valence-electron chi connectivity index (χ4n) is 1.77. The molecule has 0 saturated carbocycles. The Kier molecular flexibility index (Phi) is 2.67. The number of aromatic nitrogens is 2. The molecule has 2 rings (SSSR count). The van der Waals surface area contributed by atoms with Crippen molar-refractivity contribution in [2.24, 2.45) is 0 Å². The lowest BCUT2D eigenvalue weighted by atomic mass is 9.96. The summed E-state index contributed by atoms with van der Waals surface area (Å²) in [6, 6.07) is 0. The molecule has 0 radical (unpaired) electrons. The number of aliphatic hydroxyl groups is 1. The number of carbonyl (C=O) groups excluding carboxylic acids is 1. The van der Waals surface area contributed by atoms with Crippen molar-refractivity contribution in [3.63, 3.8) is 0 Å². The van der Waals surface area contributed by atoms with Gasteiger partial charge < -0.3 is 14.5 Å². The van der Waals surface area contributed by atoms with Crippen LogP contribution in [0, 0.1) is 6.92 Å². The minimum atomic E-state index is -0.712. The van der Waals surface area contributed by atoms with Gasteiger partial charge in [-0.05, 0) is 13.8 Å². The molecule has 0 atom stereocenters. The van der Waals surface area contributed by atoms with Crippen molar-refractivity contribution in [3.05, 3.63) is 11.7 Å². The van der Waals surface area contributed by atoms with E-state index in [1.54, 1.807) is 18.7 Å². The average molecular weight is 225 g/mol. The van der Waals surface area contributed by atoms with Crippen molar-refractivity contribution >= 4 is 5.91 Å². The van der Waals surface area contributed by atoms with E-state index in [0.717, 1.165) is 0 Å². The molecule has 1 aromatic rings. The van der Waals surface area contributed by atoms with Gasteiger partial charge in [0.15, 0.2) is 5.82 Å². The second-order valence-corrected chi connectivity index (χ2v) is 4.48. The van der Waals surface area contributed by atoms with E-state index in [-0.39, 0.29) is 5.91 Å². The van der Waals surface area contributed by atoms with Crippen LogP contribution in [0.5, 0.6) is 0 Å². The van der Waals surface area contributed by atoms with Crippen LogP contribution in [-0.4, -0.2) is 44.7 Å². The van der Waals surface area contributed by atoms with E-state index in [4.69, 9.17) is 4.52 Å². The molecule has 1 saturated heterocycles.